The van der Waals surface area contributed by atoms with E-state index in [1.54, 1.807) is 13.2 Å². The second-order valence-electron chi connectivity index (χ2n) is 5.98. The number of methoxy groups -OCH3 is 1. The van der Waals surface area contributed by atoms with Crippen molar-refractivity contribution in [1.82, 2.24) is 5.32 Å². The van der Waals surface area contributed by atoms with E-state index in [0.717, 1.165) is 30.4 Å². The molecule has 0 radical (unpaired) electrons. The highest BCUT2D eigenvalue weighted by atomic mass is 16.5. The minimum Gasteiger partial charge on any atom is -0.493 e. The number of benzene rings is 1. The normalized spacial score (nSPS) is 19.2. The average Bonchev–Trinajstić information content (AvgIpc) is 2.58. The summed E-state index contributed by atoms with van der Waals surface area (Å²) < 4.78 is 10.8. The molecule has 1 aliphatic carbocycles. The van der Waals surface area contributed by atoms with Crippen LogP contribution in [0.5, 0.6) is 11.5 Å². The van der Waals surface area contributed by atoms with Gasteiger partial charge in [-0.1, -0.05) is 13.0 Å². The molecule has 0 aliphatic heterocycles. The topological polar surface area (TPSA) is 64.6 Å². The zero-order valence-corrected chi connectivity index (χ0v) is 14.6. The highest BCUT2D eigenvalue weighted by molar-refractivity contribution is 6.01. The monoisotopic (exact) mass is 331 g/mol. The smallest absolute Gasteiger partial charge is 0.257 e. The minimum atomic E-state index is -0.174. The van der Waals surface area contributed by atoms with Crippen LogP contribution in [0.3, 0.4) is 0 Å². The number of carbonyl (C=O) groups excluding carboxylic acids is 2. The van der Waals surface area contributed by atoms with Crippen LogP contribution in [0.4, 0.5) is 0 Å². The fourth-order valence-electron chi connectivity index (χ4n) is 2.80. The molecule has 130 valence electrons. The van der Waals surface area contributed by atoms with E-state index in [2.05, 4.69) is 5.32 Å². The third kappa shape index (κ3) is 4.60. The Hall–Kier alpha value is -2.30. The highest BCUT2D eigenvalue weighted by Crippen LogP contribution is 2.31. The van der Waals surface area contributed by atoms with Gasteiger partial charge in [0.25, 0.3) is 5.91 Å². The largest absolute Gasteiger partial charge is 0.493 e. The van der Waals surface area contributed by atoms with E-state index in [0.29, 0.717) is 18.0 Å². The van der Waals surface area contributed by atoms with Crippen molar-refractivity contribution in [2.24, 2.45) is 5.92 Å². The second kappa shape index (κ2) is 8.52. The van der Waals surface area contributed by atoms with E-state index in [-0.39, 0.29) is 24.2 Å². The molecule has 1 aromatic rings. The molecule has 5 heteroatoms. The number of ether oxygens (including phenoxy) is 2. The van der Waals surface area contributed by atoms with Gasteiger partial charge in [0.2, 0.25) is 0 Å². The number of allylic oxidation sites excluding steroid dienone is 1. The molecule has 24 heavy (non-hydrogen) atoms. The lowest BCUT2D eigenvalue weighted by Crippen LogP contribution is -2.28. The van der Waals surface area contributed by atoms with Crippen LogP contribution in [0, 0.1) is 5.92 Å². The van der Waals surface area contributed by atoms with Gasteiger partial charge in [-0.15, -0.1) is 0 Å². The van der Waals surface area contributed by atoms with Crippen LogP contribution in [-0.2, 0) is 9.59 Å². The van der Waals surface area contributed by atoms with Gasteiger partial charge in [0.05, 0.1) is 7.11 Å². The fourth-order valence-corrected chi connectivity index (χ4v) is 2.80. The zero-order valence-electron chi connectivity index (χ0n) is 14.6. The summed E-state index contributed by atoms with van der Waals surface area (Å²) in [6.45, 7) is 4.35. The molecule has 1 atom stereocenters. The van der Waals surface area contributed by atoms with Crippen molar-refractivity contribution in [3.05, 3.63) is 29.3 Å². The maximum atomic E-state index is 12.2. The quantitative estimate of drug-likeness (QED) is 0.814. The van der Waals surface area contributed by atoms with Gasteiger partial charge in [-0.05, 0) is 55.5 Å². The van der Waals surface area contributed by atoms with Crippen molar-refractivity contribution in [2.45, 2.75) is 33.1 Å². The average molecular weight is 331 g/mol. The van der Waals surface area contributed by atoms with E-state index in [1.165, 1.54) is 0 Å². The first-order chi connectivity index (χ1) is 11.5. The number of nitrogens with one attached hydrogen (secondary N) is 1. The molecule has 0 aromatic heterocycles. The molecule has 0 unspecified atom stereocenters. The second-order valence-corrected chi connectivity index (χ2v) is 5.98. The molecule has 1 aliphatic rings. The predicted molar refractivity (Wildman–Crippen MR) is 93.2 cm³/mol. The Labute approximate surface area is 143 Å². The van der Waals surface area contributed by atoms with Crippen molar-refractivity contribution in [2.75, 3.05) is 20.3 Å². The first-order valence-electron chi connectivity index (χ1n) is 8.37. The number of rotatable bonds is 6. The third-order valence-corrected chi connectivity index (χ3v) is 4.11. The van der Waals surface area contributed by atoms with Crippen LogP contribution < -0.4 is 14.8 Å². The summed E-state index contributed by atoms with van der Waals surface area (Å²) in [6.07, 6.45) is 4.75. The molecular formula is C19H25NO4. The van der Waals surface area contributed by atoms with Gasteiger partial charge in [0.15, 0.2) is 23.9 Å². The standard InChI is InChI=1S/C19H25NO4/c1-4-20-18(21)12-24-16-9-8-14(11-17(16)23-3)10-15-7-5-6-13(2)19(15)22/h8-11,13H,4-7,12H2,1-3H3,(H,20,21)/b15-10+/t13-/m0/s1. The van der Waals surface area contributed by atoms with Crippen LogP contribution in [0.1, 0.15) is 38.7 Å². The zero-order chi connectivity index (χ0) is 17.5. The van der Waals surface area contributed by atoms with Crippen molar-refractivity contribution < 1.29 is 19.1 Å². The van der Waals surface area contributed by atoms with Gasteiger partial charge < -0.3 is 14.8 Å². The lowest BCUT2D eigenvalue weighted by Gasteiger charge is -2.19. The Morgan fingerprint density at radius 3 is 2.88 bits per heavy atom. The van der Waals surface area contributed by atoms with E-state index in [9.17, 15) is 9.59 Å². The van der Waals surface area contributed by atoms with Crippen LogP contribution in [0.25, 0.3) is 6.08 Å². The Kier molecular flexibility index (Phi) is 6.41. The van der Waals surface area contributed by atoms with Crippen LogP contribution in [0.15, 0.2) is 23.8 Å². The van der Waals surface area contributed by atoms with E-state index < -0.39 is 0 Å². The molecule has 1 amide bonds. The maximum absolute atomic E-state index is 12.2. The van der Waals surface area contributed by atoms with E-state index in [4.69, 9.17) is 9.47 Å². The summed E-state index contributed by atoms with van der Waals surface area (Å²) in [5.74, 6) is 1.22. The predicted octanol–water partition coefficient (Wildman–Crippen LogP) is 2.98. The lowest BCUT2D eigenvalue weighted by molar-refractivity contribution is -0.123. The summed E-state index contributed by atoms with van der Waals surface area (Å²) >= 11 is 0. The van der Waals surface area contributed by atoms with Crippen LogP contribution in [0.2, 0.25) is 0 Å². The summed E-state index contributed by atoms with van der Waals surface area (Å²) in [5.41, 5.74) is 1.77. The molecular weight excluding hydrogens is 306 g/mol. The molecule has 0 heterocycles. The number of Topliss-reactive ketones (excluding diaryl/α,β-unsaturated/α-hetero) is 1. The SMILES string of the molecule is CCNC(=O)COc1ccc(/C=C2\CCC[C@H](C)C2=O)cc1OC. The highest BCUT2D eigenvalue weighted by Gasteiger charge is 2.22. The number of hydrogen-bond donors (Lipinski definition) is 1. The Morgan fingerprint density at radius 1 is 1.38 bits per heavy atom. The molecule has 1 aromatic carbocycles. The third-order valence-electron chi connectivity index (χ3n) is 4.11. The molecule has 1 N–H and O–H groups in total. The van der Waals surface area contributed by atoms with Gasteiger partial charge in [-0.3, -0.25) is 9.59 Å². The van der Waals surface area contributed by atoms with Crippen LogP contribution >= 0.6 is 0 Å². The summed E-state index contributed by atoms with van der Waals surface area (Å²) in [7, 11) is 1.55. The summed E-state index contributed by atoms with van der Waals surface area (Å²) in [5, 5.41) is 2.68. The fraction of sp³-hybridized carbons (Fsp3) is 0.474. The lowest BCUT2D eigenvalue weighted by atomic mass is 9.84. The Bertz CT molecular complexity index is 636. The minimum absolute atomic E-state index is 0.0549. The summed E-state index contributed by atoms with van der Waals surface area (Å²) in [4.78, 5) is 23.7. The Morgan fingerprint density at radius 2 is 2.17 bits per heavy atom. The van der Waals surface area contributed by atoms with Gasteiger partial charge >= 0.3 is 0 Å². The van der Waals surface area contributed by atoms with Crippen molar-refractivity contribution >= 4 is 17.8 Å². The first-order valence-corrected chi connectivity index (χ1v) is 8.37. The van der Waals surface area contributed by atoms with Gasteiger partial charge in [0.1, 0.15) is 0 Å². The number of ketones is 1. The maximum Gasteiger partial charge on any atom is 0.257 e. The van der Waals surface area contributed by atoms with Gasteiger partial charge in [-0.2, -0.15) is 0 Å². The van der Waals surface area contributed by atoms with Gasteiger partial charge in [-0.25, -0.2) is 0 Å². The Balaban J connectivity index is 2.13. The molecule has 2 rings (SSSR count). The van der Waals surface area contributed by atoms with Crippen molar-refractivity contribution in [1.29, 1.82) is 0 Å². The first kappa shape index (κ1) is 18.0. The molecule has 0 bridgehead atoms. The molecule has 0 saturated heterocycles. The van der Waals surface area contributed by atoms with Crippen LogP contribution in [-0.4, -0.2) is 32.0 Å². The molecule has 1 fully saturated rings. The van der Waals surface area contributed by atoms with E-state index in [1.807, 2.05) is 32.1 Å². The van der Waals surface area contributed by atoms with Gasteiger partial charge in [0, 0.05) is 12.5 Å². The van der Waals surface area contributed by atoms with Crippen molar-refractivity contribution in [3.63, 3.8) is 0 Å². The number of carbonyl (C=O) groups is 2. The number of amides is 1. The molecule has 5 nitrogen and oxygen atoms in total. The molecule has 1 saturated carbocycles. The van der Waals surface area contributed by atoms with Crippen molar-refractivity contribution in [3.8, 4) is 11.5 Å². The molecule has 0 spiro atoms. The summed E-state index contributed by atoms with van der Waals surface area (Å²) in [6, 6.07) is 5.46. The number of likely N-dealkylation sites (N-methyl/N-ethyl adjacent to an activating group) is 1. The number of hydrogen-bond acceptors (Lipinski definition) is 4. The van der Waals surface area contributed by atoms with E-state index >= 15 is 0 Å².